The van der Waals surface area contributed by atoms with Crippen molar-refractivity contribution in [1.82, 2.24) is 0 Å². The molecule has 19 heavy (non-hydrogen) atoms. The summed E-state index contributed by atoms with van der Waals surface area (Å²) in [6.07, 6.45) is 1.37. The maximum Gasteiger partial charge on any atom is 0.307 e. The molecule has 0 radical (unpaired) electrons. The van der Waals surface area contributed by atoms with E-state index in [2.05, 4.69) is 11.8 Å². The second-order valence-electron chi connectivity index (χ2n) is 4.72. The first kappa shape index (κ1) is 13.7. The molecule has 4 heteroatoms. The Morgan fingerprint density at radius 2 is 2.26 bits per heavy atom. The lowest BCUT2D eigenvalue weighted by Crippen LogP contribution is -2.35. The van der Waals surface area contributed by atoms with Crippen LogP contribution < -0.4 is 9.64 Å². The molecule has 0 aliphatic carbocycles. The molecule has 0 saturated carbocycles. The summed E-state index contributed by atoms with van der Waals surface area (Å²) in [5.74, 6) is 0.758. The minimum absolute atomic E-state index is 0.113. The van der Waals surface area contributed by atoms with Gasteiger partial charge in [0.25, 0.3) is 0 Å². The molecule has 1 aliphatic rings. The number of anilines is 1. The molecule has 1 heterocycles. The van der Waals surface area contributed by atoms with Gasteiger partial charge in [-0.2, -0.15) is 0 Å². The third-order valence-electron chi connectivity index (χ3n) is 3.28. The van der Waals surface area contributed by atoms with E-state index in [1.54, 1.807) is 0 Å². The van der Waals surface area contributed by atoms with Gasteiger partial charge < -0.3 is 14.4 Å². The molecular weight excluding hydrogens is 242 g/mol. The van der Waals surface area contributed by atoms with E-state index < -0.39 is 0 Å². The maximum absolute atomic E-state index is 11.6. The largest absolute Gasteiger partial charge is 0.491 e. The zero-order valence-corrected chi connectivity index (χ0v) is 11.6. The van der Waals surface area contributed by atoms with Crippen LogP contribution in [0.3, 0.4) is 0 Å². The Hall–Kier alpha value is -1.71. The van der Waals surface area contributed by atoms with E-state index in [-0.39, 0.29) is 12.0 Å². The summed E-state index contributed by atoms with van der Waals surface area (Å²) >= 11 is 0. The van der Waals surface area contributed by atoms with Crippen LogP contribution in [-0.4, -0.2) is 31.8 Å². The predicted molar refractivity (Wildman–Crippen MR) is 74.6 cm³/mol. The molecule has 0 fully saturated rings. The van der Waals surface area contributed by atoms with Crippen LogP contribution in [0, 0.1) is 0 Å². The minimum atomic E-state index is -0.141. The van der Waals surface area contributed by atoms with Crippen molar-refractivity contribution in [3.05, 3.63) is 24.3 Å². The van der Waals surface area contributed by atoms with Gasteiger partial charge in [0.2, 0.25) is 0 Å². The highest BCUT2D eigenvalue weighted by molar-refractivity contribution is 5.71. The van der Waals surface area contributed by atoms with Crippen molar-refractivity contribution in [3.63, 3.8) is 0 Å². The number of para-hydroxylation sites is 2. The predicted octanol–water partition coefficient (Wildman–Crippen LogP) is 2.62. The SMILES string of the molecule is CCOC(=O)CC(C)N1CCCOc2ccccc21. The molecule has 1 aromatic carbocycles. The van der Waals surface area contributed by atoms with Crippen LogP contribution in [-0.2, 0) is 9.53 Å². The molecular formula is C15H21NO3. The van der Waals surface area contributed by atoms with E-state index in [1.807, 2.05) is 31.2 Å². The first-order valence-corrected chi connectivity index (χ1v) is 6.86. The molecule has 1 aromatic rings. The van der Waals surface area contributed by atoms with Crippen LogP contribution in [0.25, 0.3) is 0 Å². The Bertz CT molecular complexity index is 433. The smallest absolute Gasteiger partial charge is 0.307 e. The van der Waals surface area contributed by atoms with Crippen LogP contribution in [0.4, 0.5) is 5.69 Å². The van der Waals surface area contributed by atoms with E-state index in [4.69, 9.17) is 9.47 Å². The fourth-order valence-corrected chi connectivity index (χ4v) is 2.38. The summed E-state index contributed by atoms with van der Waals surface area (Å²) < 4.78 is 10.7. The van der Waals surface area contributed by atoms with Gasteiger partial charge in [0, 0.05) is 12.6 Å². The number of hydrogen-bond acceptors (Lipinski definition) is 4. The maximum atomic E-state index is 11.6. The second kappa shape index (κ2) is 6.45. The third kappa shape index (κ3) is 3.40. The molecule has 0 N–H and O–H groups in total. The Morgan fingerprint density at radius 1 is 1.47 bits per heavy atom. The highest BCUT2D eigenvalue weighted by atomic mass is 16.5. The standard InChI is InChI=1S/C15H21NO3/c1-3-18-15(17)11-12(2)16-9-6-10-19-14-8-5-4-7-13(14)16/h4-5,7-8,12H,3,6,9-11H2,1-2H3. The van der Waals surface area contributed by atoms with Crippen molar-refractivity contribution >= 4 is 11.7 Å². The monoisotopic (exact) mass is 263 g/mol. The van der Waals surface area contributed by atoms with E-state index in [0.717, 1.165) is 31.0 Å². The summed E-state index contributed by atoms with van der Waals surface area (Å²) in [6.45, 7) is 5.94. The topological polar surface area (TPSA) is 38.8 Å². The molecule has 4 nitrogen and oxygen atoms in total. The number of hydrogen-bond donors (Lipinski definition) is 0. The summed E-state index contributed by atoms with van der Waals surface area (Å²) in [5, 5.41) is 0. The average Bonchev–Trinajstić information content (AvgIpc) is 2.61. The molecule has 1 atom stereocenters. The summed E-state index contributed by atoms with van der Waals surface area (Å²) in [7, 11) is 0. The van der Waals surface area contributed by atoms with Crippen molar-refractivity contribution < 1.29 is 14.3 Å². The van der Waals surface area contributed by atoms with Crippen LogP contribution >= 0.6 is 0 Å². The van der Waals surface area contributed by atoms with Gasteiger partial charge >= 0.3 is 5.97 Å². The van der Waals surface area contributed by atoms with Crippen LogP contribution in [0.15, 0.2) is 24.3 Å². The van der Waals surface area contributed by atoms with Gasteiger partial charge in [-0.3, -0.25) is 4.79 Å². The molecule has 0 aromatic heterocycles. The number of rotatable bonds is 4. The Balaban J connectivity index is 2.12. The van der Waals surface area contributed by atoms with Gasteiger partial charge in [-0.05, 0) is 32.4 Å². The van der Waals surface area contributed by atoms with Gasteiger partial charge in [-0.15, -0.1) is 0 Å². The lowest BCUT2D eigenvalue weighted by Gasteiger charge is -2.30. The molecule has 104 valence electrons. The third-order valence-corrected chi connectivity index (χ3v) is 3.28. The number of nitrogens with zero attached hydrogens (tertiary/aromatic N) is 1. The normalized spacial score (nSPS) is 16.0. The molecule has 0 spiro atoms. The van der Waals surface area contributed by atoms with Gasteiger partial charge in [-0.1, -0.05) is 12.1 Å². The quantitative estimate of drug-likeness (QED) is 0.783. The molecule has 2 rings (SSSR count). The average molecular weight is 263 g/mol. The number of ether oxygens (including phenoxy) is 2. The number of esters is 1. The highest BCUT2D eigenvalue weighted by Gasteiger charge is 2.22. The van der Waals surface area contributed by atoms with Gasteiger partial charge in [0.1, 0.15) is 5.75 Å². The zero-order chi connectivity index (χ0) is 13.7. The first-order valence-electron chi connectivity index (χ1n) is 6.86. The van der Waals surface area contributed by atoms with Crippen LogP contribution in [0.1, 0.15) is 26.7 Å². The number of fused-ring (bicyclic) bond motifs is 1. The van der Waals surface area contributed by atoms with Gasteiger partial charge in [-0.25, -0.2) is 0 Å². The van der Waals surface area contributed by atoms with Crippen molar-refractivity contribution in [2.75, 3.05) is 24.7 Å². The van der Waals surface area contributed by atoms with Gasteiger partial charge in [0.15, 0.2) is 0 Å². The van der Waals surface area contributed by atoms with E-state index in [9.17, 15) is 4.79 Å². The van der Waals surface area contributed by atoms with Crippen molar-refractivity contribution in [1.29, 1.82) is 0 Å². The molecule has 0 amide bonds. The van der Waals surface area contributed by atoms with Crippen LogP contribution in [0.2, 0.25) is 0 Å². The van der Waals surface area contributed by atoms with Gasteiger partial charge in [0.05, 0.1) is 25.3 Å². The van der Waals surface area contributed by atoms with Crippen molar-refractivity contribution in [2.45, 2.75) is 32.7 Å². The fourth-order valence-electron chi connectivity index (χ4n) is 2.38. The van der Waals surface area contributed by atoms with E-state index in [1.165, 1.54) is 0 Å². The Morgan fingerprint density at radius 3 is 3.05 bits per heavy atom. The van der Waals surface area contributed by atoms with E-state index in [0.29, 0.717) is 13.0 Å². The highest BCUT2D eigenvalue weighted by Crippen LogP contribution is 2.32. The Labute approximate surface area is 114 Å². The van der Waals surface area contributed by atoms with E-state index >= 15 is 0 Å². The number of carbonyl (C=O) groups is 1. The summed E-state index contributed by atoms with van der Waals surface area (Å²) in [6, 6.07) is 8.10. The number of carbonyl (C=O) groups excluding carboxylic acids is 1. The summed E-state index contributed by atoms with van der Waals surface area (Å²) in [4.78, 5) is 13.8. The lowest BCUT2D eigenvalue weighted by molar-refractivity contribution is -0.143. The molecule has 1 aliphatic heterocycles. The summed E-state index contributed by atoms with van der Waals surface area (Å²) in [5.41, 5.74) is 1.07. The molecule has 1 unspecified atom stereocenters. The van der Waals surface area contributed by atoms with Crippen molar-refractivity contribution in [2.24, 2.45) is 0 Å². The second-order valence-corrected chi connectivity index (χ2v) is 4.72. The molecule has 0 bridgehead atoms. The van der Waals surface area contributed by atoms with Crippen LogP contribution in [0.5, 0.6) is 5.75 Å². The first-order chi connectivity index (χ1) is 9.22. The molecule has 0 saturated heterocycles. The van der Waals surface area contributed by atoms with Crippen molar-refractivity contribution in [3.8, 4) is 5.75 Å². The minimum Gasteiger partial charge on any atom is -0.491 e. The fraction of sp³-hybridized carbons (Fsp3) is 0.533. The number of benzene rings is 1. The Kier molecular flexibility index (Phi) is 4.66. The lowest BCUT2D eigenvalue weighted by atomic mass is 10.1. The zero-order valence-electron chi connectivity index (χ0n) is 11.6.